The molecular weight excluding hydrogens is 292 g/mol. The Kier molecular flexibility index (Phi) is 4.60. The maximum absolute atomic E-state index is 12.4. The molecule has 0 N–H and O–H groups in total. The highest BCUT2D eigenvalue weighted by molar-refractivity contribution is 7.13. The number of thiophene rings is 1. The van der Waals surface area contributed by atoms with E-state index in [2.05, 4.69) is 36.1 Å². The summed E-state index contributed by atoms with van der Waals surface area (Å²) >= 11 is 1.59. The summed E-state index contributed by atoms with van der Waals surface area (Å²) in [6, 6.07) is 12.5. The molecule has 0 spiro atoms. The van der Waals surface area contributed by atoms with Crippen LogP contribution in [0.15, 0.2) is 36.4 Å². The van der Waals surface area contributed by atoms with Gasteiger partial charge in [0, 0.05) is 37.6 Å². The predicted octanol–water partition coefficient (Wildman–Crippen LogP) is 3.32. The zero-order valence-electron chi connectivity index (χ0n) is 13.2. The number of rotatable bonds is 3. The van der Waals surface area contributed by atoms with Crippen molar-refractivity contribution in [2.45, 2.75) is 20.4 Å². The molecule has 3 rings (SSSR count). The lowest BCUT2D eigenvalue weighted by atomic mass is 10.1. The molecule has 0 saturated carbocycles. The topological polar surface area (TPSA) is 23.6 Å². The van der Waals surface area contributed by atoms with Gasteiger partial charge < -0.3 is 4.90 Å². The summed E-state index contributed by atoms with van der Waals surface area (Å²) in [5.74, 6) is 0.189. The van der Waals surface area contributed by atoms with E-state index in [0.29, 0.717) is 0 Å². The summed E-state index contributed by atoms with van der Waals surface area (Å²) < 4.78 is 0. The van der Waals surface area contributed by atoms with Crippen LogP contribution in [0.5, 0.6) is 0 Å². The molecule has 1 aliphatic heterocycles. The van der Waals surface area contributed by atoms with E-state index in [1.165, 1.54) is 16.0 Å². The van der Waals surface area contributed by atoms with Crippen LogP contribution in [-0.2, 0) is 6.54 Å². The maximum atomic E-state index is 12.4. The van der Waals surface area contributed by atoms with E-state index >= 15 is 0 Å². The van der Waals surface area contributed by atoms with Gasteiger partial charge in [-0.15, -0.1) is 11.3 Å². The van der Waals surface area contributed by atoms with Gasteiger partial charge in [0.15, 0.2) is 0 Å². The zero-order valence-corrected chi connectivity index (χ0v) is 14.0. The van der Waals surface area contributed by atoms with Crippen molar-refractivity contribution in [3.63, 3.8) is 0 Å². The van der Waals surface area contributed by atoms with Gasteiger partial charge in [-0.05, 0) is 37.1 Å². The van der Waals surface area contributed by atoms with E-state index < -0.39 is 0 Å². The molecule has 4 heteroatoms. The average molecular weight is 314 g/mol. The summed E-state index contributed by atoms with van der Waals surface area (Å²) in [5, 5.41) is 0. The van der Waals surface area contributed by atoms with Crippen LogP contribution >= 0.6 is 11.3 Å². The molecule has 2 heterocycles. The Bertz CT molecular complexity index is 657. The fourth-order valence-corrected chi connectivity index (χ4v) is 3.68. The molecule has 22 heavy (non-hydrogen) atoms. The van der Waals surface area contributed by atoms with Gasteiger partial charge in [-0.25, -0.2) is 0 Å². The molecule has 0 atom stereocenters. The third-order valence-corrected chi connectivity index (χ3v) is 5.25. The normalized spacial score (nSPS) is 16.0. The lowest BCUT2D eigenvalue weighted by Gasteiger charge is -2.34. The number of nitrogens with zero attached hydrogens (tertiary/aromatic N) is 2. The molecule has 1 saturated heterocycles. The monoisotopic (exact) mass is 314 g/mol. The van der Waals surface area contributed by atoms with E-state index in [4.69, 9.17) is 0 Å². The number of hydrogen-bond donors (Lipinski definition) is 0. The molecule has 1 amide bonds. The first kappa shape index (κ1) is 15.3. The molecule has 1 aromatic carbocycles. The van der Waals surface area contributed by atoms with E-state index in [1.54, 1.807) is 11.3 Å². The van der Waals surface area contributed by atoms with Gasteiger partial charge in [-0.1, -0.05) is 24.3 Å². The number of carbonyl (C=O) groups is 1. The van der Waals surface area contributed by atoms with Crippen molar-refractivity contribution in [3.05, 3.63) is 57.3 Å². The molecule has 0 unspecified atom stereocenters. The average Bonchev–Trinajstić information content (AvgIpc) is 2.96. The molecule has 1 aromatic heterocycles. The van der Waals surface area contributed by atoms with Gasteiger partial charge in [-0.3, -0.25) is 9.69 Å². The van der Waals surface area contributed by atoms with Crippen LogP contribution in [0.1, 0.15) is 25.7 Å². The molecule has 0 aliphatic carbocycles. The molecule has 116 valence electrons. The highest BCUT2D eigenvalue weighted by Gasteiger charge is 2.23. The van der Waals surface area contributed by atoms with Crippen LogP contribution in [-0.4, -0.2) is 41.9 Å². The molecule has 0 bridgehead atoms. The Labute approximate surface area is 136 Å². The minimum Gasteiger partial charge on any atom is -0.335 e. The second-order valence-electron chi connectivity index (χ2n) is 5.91. The Balaban J connectivity index is 1.56. The van der Waals surface area contributed by atoms with Gasteiger partial charge in [0.1, 0.15) is 0 Å². The molecule has 0 radical (unpaired) electrons. The van der Waals surface area contributed by atoms with Crippen molar-refractivity contribution in [3.8, 4) is 0 Å². The first-order chi connectivity index (χ1) is 10.6. The fourth-order valence-electron chi connectivity index (χ4n) is 2.84. The van der Waals surface area contributed by atoms with E-state index in [9.17, 15) is 4.79 Å². The summed E-state index contributed by atoms with van der Waals surface area (Å²) in [4.78, 5) is 18.9. The van der Waals surface area contributed by atoms with Crippen molar-refractivity contribution >= 4 is 17.2 Å². The number of aryl methyl sites for hydroxylation is 2. The third-order valence-electron chi connectivity index (χ3n) is 4.27. The summed E-state index contributed by atoms with van der Waals surface area (Å²) in [5.41, 5.74) is 2.73. The van der Waals surface area contributed by atoms with Crippen molar-refractivity contribution in [1.29, 1.82) is 0 Å². The van der Waals surface area contributed by atoms with Gasteiger partial charge in [0.2, 0.25) is 0 Å². The Morgan fingerprint density at radius 2 is 1.77 bits per heavy atom. The number of piperazine rings is 1. The summed E-state index contributed by atoms with van der Waals surface area (Å²) in [6.45, 7) is 8.72. The number of carbonyl (C=O) groups excluding carboxylic acids is 1. The van der Waals surface area contributed by atoms with Crippen LogP contribution in [0.3, 0.4) is 0 Å². The lowest BCUT2D eigenvalue weighted by molar-refractivity contribution is 0.0633. The Morgan fingerprint density at radius 3 is 2.41 bits per heavy atom. The third kappa shape index (κ3) is 3.39. The molecule has 1 fully saturated rings. The van der Waals surface area contributed by atoms with Crippen molar-refractivity contribution in [2.75, 3.05) is 26.2 Å². The summed E-state index contributed by atoms with van der Waals surface area (Å²) in [7, 11) is 0. The second kappa shape index (κ2) is 6.63. The molecule has 2 aromatic rings. The smallest absolute Gasteiger partial charge is 0.264 e. The number of amides is 1. The van der Waals surface area contributed by atoms with E-state index in [0.717, 1.165) is 37.6 Å². The molecule has 3 nitrogen and oxygen atoms in total. The quantitative estimate of drug-likeness (QED) is 0.867. The van der Waals surface area contributed by atoms with Crippen LogP contribution in [0.25, 0.3) is 0 Å². The SMILES string of the molecule is Cc1ccc(C(=O)N2CCN(Cc3ccccc3C)CC2)s1. The van der Waals surface area contributed by atoms with Crippen molar-refractivity contribution in [1.82, 2.24) is 9.80 Å². The number of hydrogen-bond acceptors (Lipinski definition) is 3. The van der Waals surface area contributed by atoms with Gasteiger partial charge in [0.25, 0.3) is 5.91 Å². The highest BCUT2D eigenvalue weighted by Crippen LogP contribution is 2.19. The highest BCUT2D eigenvalue weighted by atomic mass is 32.1. The Morgan fingerprint density at radius 1 is 1.05 bits per heavy atom. The minimum absolute atomic E-state index is 0.189. The first-order valence-corrected chi connectivity index (χ1v) is 8.58. The van der Waals surface area contributed by atoms with Crippen molar-refractivity contribution in [2.24, 2.45) is 0 Å². The van der Waals surface area contributed by atoms with Crippen LogP contribution in [0.4, 0.5) is 0 Å². The predicted molar refractivity (Wildman–Crippen MR) is 91.4 cm³/mol. The Hall–Kier alpha value is -1.65. The van der Waals surface area contributed by atoms with Crippen LogP contribution in [0.2, 0.25) is 0 Å². The standard InChI is InChI=1S/C18H22N2OS/c1-14-5-3-4-6-16(14)13-19-9-11-20(12-10-19)18(21)17-8-7-15(2)22-17/h3-8H,9-13H2,1-2H3. The van der Waals surface area contributed by atoms with Gasteiger partial charge >= 0.3 is 0 Å². The molecule has 1 aliphatic rings. The summed E-state index contributed by atoms with van der Waals surface area (Å²) in [6.07, 6.45) is 0. The van der Waals surface area contributed by atoms with Crippen molar-refractivity contribution < 1.29 is 4.79 Å². The van der Waals surface area contributed by atoms with Gasteiger partial charge in [0.05, 0.1) is 4.88 Å². The molecular formula is C18H22N2OS. The van der Waals surface area contributed by atoms with E-state index in [1.807, 2.05) is 24.0 Å². The number of benzene rings is 1. The maximum Gasteiger partial charge on any atom is 0.264 e. The lowest BCUT2D eigenvalue weighted by Crippen LogP contribution is -2.48. The van der Waals surface area contributed by atoms with Crippen LogP contribution < -0.4 is 0 Å². The van der Waals surface area contributed by atoms with E-state index in [-0.39, 0.29) is 5.91 Å². The zero-order chi connectivity index (χ0) is 15.5. The van der Waals surface area contributed by atoms with Gasteiger partial charge in [-0.2, -0.15) is 0 Å². The second-order valence-corrected chi connectivity index (χ2v) is 7.19. The van der Waals surface area contributed by atoms with Crippen LogP contribution in [0, 0.1) is 13.8 Å². The largest absolute Gasteiger partial charge is 0.335 e. The first-order valence-electron chi connectivity index (χ1n) is 7.76. The minimum atomic E-state index is 0.189. The fraction of sp³-hybridized carbons (Fsp3) is 0.389.